The van der Waals surface area contributed by atoms with Crippen LogP contribution >= 0.6 is 0 Å². The maximum Gasteiger partial charge on any atom is 0.432 e. The number of benzene rings is 11. The Labute approximate surface area is 634 Å². The average Bonchev–Trinajstić information content (AvgIpc) is 0.787. The lowest BCUT2D eigenvalue weighted by atomic mass is 9.77. The Morgan fingerprint density at radius 2 is 0.558 bits per heavy atom. The molecule has 11 aromatic carbocycles. The highest BCUT2D eigenvalue weighted by Crippen LogP contribution is 2.44. The first-order valence-corrected chi connectivity index (χ1v) is 35.6. The Kier molecular flexibility index (Phi) is 27.2. The maximum atomic E-state index is 15.0. The lowest BCUT2D eigenvalue weighted by Gasteiger charge is -2.28. The predicted molar refractivity (Wildman–Crippen MR) is 380 cm³/mol. The van der Waals surface area contributed by atoms with Crippen molar-refractivity contribution in [2.45, 2.75) is 128 Å². The van der Waals surface area contributed by atoms with Gasteiger partial charge < -0.3 is 14.2 Å². The molecule has 0 radical (unpaired) electrons. The molecule has 594 valence electrons. The molecule has 1 fully saturated rings. The van der Waals surface area contributed by atoms with Crippen LogP contribution in [0.1, 0.15) is 131 Å². The number of aryl methyl sites for hydroxylation is 2. The zero-order valence-electron chi connectivity index (χ0n) is 60.1. The predicted octanol–water partition coefficient (Wildman–Crippen LogP) is 28.3. The van der Waals surface area contributed by atoms with Gasteiger partial charge in [-0.1, -0.05) is 150 Å². The van der Waals surface area contributed by atoms with Crippen LogP contribution in [0, 0.1) is 105 Å². The molecule has 26 heteroatoms. The molecule has 0 amide bonds. The third-order valence-corrected chi connectivity index (χ3v) is 18.9. The summed E-state index contributed by atoms with van der Waals surface area (Å²) in [6, 6.07) is 34.3. The molecular weight excluding hydrogens is 1530 g/mol. The number of rotatable bonds is 24. The Morgan fingerprint density at radius 3 is 0.867 bits per heavy atom. The van der Waals surface area contributed by atoms with E-state index >= 15 is 0 Å². The summed E-state index contributed by atoms with van der Waals surface area (Å²) in [7, 11) is 0. The molecule has 11 aromatic rings. The van der Waals surface area contributed by atoms with Gasteiger partial charge in [0.2, 0.25) is 0 Å². The van der Waals surface area contributed by atoms with Crippen molar-refractivity contribution >= 4 is 0 Å². The molecule has 0 unspecified atom stereocenters. The third kappa shape index (κ3) is 20.5. The fraction of sp³-hybridized carbons (Fsp3) is 0.241. The van der Waals surface area contributed by atoms with Gasteiger partial charge in [-0.05, 0) is 173 Å². The van der Waals surface area contributed by atoms with E-state index in [1.54, 1.807) is 12.1 Å². The molecule has 0 heterocycles. The minimum atomic E-state index is -4.74. The number of ether oxygens (including phenoxy) is 3. The van der Waals surface area contributed by atoms with Gasteiger partial charge in [0, 0.05) is 47.5 Å². The van der Waals surface area contributed by atoms with Crippen molar-refractivity contribution in [2.75, 3.05) is 0 Å². The van der Waals surface area contributed by atoms with Crippen LogP contribution in [-0.2, 0) is 31.2 Å². The number of hydrogen-bond acceptors (Lipinski definition) is 3. The normalized spacial score (nSPS) is 13.8. The maximum absolute atomic E-state index is 15.0. The van der Waals surface area contributed by atoms with E-state index < -0.39 is 151 Å². The first-order valence-electron chi connectivity index (χ1n) is 35.6. The zero-order chi connectivity index (χ0) is 82.0. The second-order valence-corrected chi connectivity index (χ2v) is 26.9. The van der Waals surface area contributed by atoms with Crippen molar-refractivity contribution < 1.29 is 115 Å². The van der Waals surface area contributed by atoms with E-state index in [1.165, 1.54) is 56.0 Å². The highest BCUT2D eigenvalue weighted by molar-refractivity contribution is 5.73. The second kappa shape index (κ2) is 36.4. The van der Waals surface area contributed by atoms with Gasteiger partial charge in [0.25, 0.3) is 0 Å². The van der Waals surface area contributed by atoms with Crippen molar-refractivity contribution in [2.24, 2.45) is 5.92 Å². The van der Waals surface area contributed by atoms with Gasteiger partial charge in [-0.25, -0.2) is 74.6 Å². The van der Waals surface area contributed by atoms with Crippen LogP contribution in [0.4, 0.5) is 101 Å². The quantitative estimate of drug-likeness (QED) is 0.0343. The van der Waals surface area contributed by atoms with Gasteiger partial charge in [-0.2, -0.15) is 26.3 Å². The molecule has 0 aromatic heterocycles. The minimum absolute atomic E-state index is 0.0432. The van der Waals surface area contributed by atoms with Crippen LogP contribution < -0.4 is 14.2 Å². The van der Waals surface area contributed by atoms with Gasteiger partial charge in [-0.15, -0.1) is 0 Å². The molecular formula is C87H67F23O3. The highest BCUT2D eigenvalue weighted by Gasteiger charge is 2.45. The SMILES string of the molecule is CCCC1CCC(c2ccc(-c3cc(F)c(C(F)(F)Oc4cc(F)c(F)c(F)c4)c(F)c3)cc2)CC1.CCCCCc1ccc(-c2ccc(-c3cc(F)c(C(F)(F)Oc4cc(F)c(F)c(F)c4)c(F)c3)c(F)c2)cc1.CCCCc1ccc(-c2ccc(-c3cc(F)c(C(F)(F)Oc4cc(F)c(F)c(F)c4)c(F)c3)c(F)c2)cc1. The second-order valence-electron chi connectivity index (χ2n) is 26.9. The summed E-state index contributed by atoms with van der Waals surface area (Å²) in [6.45, 7) is 6.39. The Hall–Kier alpha value is -10.8. The molecule has 0 aliphatic heterocycles. The van der Waals surface area contributed by atoms with Crippen molar-refractivity contribution in [3.8, 4) is 72.9 Å². The van der Waals surface area contributed by atoms with Gasteiger partial charge in [0.15, 0.2) is 52.4 Å². The number of alkyl halides is 6. The summed E-state index contributed by atoms with van der Waals surface area (Å²) in [5, 5.41) is 0. The zero-order valence-corrected chi connectivity index (χ0v) is 60.1. The molecule has 1 saturated carbocycles. The monoisotopic (exact) mass is 1600 g/mol. The van der Waals surface area contributed by atoms with Crippen LogP contribution in [0.15, 0.2) is 182 Å². The summed E-state index contributed by atoms with van der Waals surface area (Å²) < 4.78 is 337. The van der Waals surface area contributed by atoms with Crippen LogP contribution in [0.3, 0.4) is 0 Å². The fourth-order valence-corrected chi connectivity index (χ4v) is 13.1. The third-order valence-electron chi connectivity index (χ3n) is 18.9. The molecule has 0 atom stereocenters. The van der Waals surface area contributed by atoms with Crippen molar-refractivity contribution in [1.82, 2.24) is 0 Å². The van der Waals surface area contributed by atoms with Crippen LogP contribution in [0.25, 0.3) is 55.6 Å². The van der Waals surface area contributed by atoms with Crippen LogP contribution in [0.2, 0.25) is 0 Å². The summed E-state index contributed by atoms with van der Waals surface area (Å²) >= 11 is 0. The van der Waals surface area contributed by atoms with Gasteiger partial charge in [0.05, 0.1) is 0 Å². The Balaban J connectivity index is 0.000000180. The Bertz CT molecular complexity index is 5040. The van der Waals surface area contributed by atoms with E-state index in [1.807, 2.05) is 60.7 Å². The first kappa shape index (κ1) is 84.7. The summed E-state index contributed by atoms with van der Waals surface area (Å²) in [5.74, 6) is -31.1. The molecule has 3 nitrogen and oxygen atoms in total. The number of halogens is 23. The summed E-state index contributed by atoms with van der Waals surface area (Å²) in [6.07, 6.45) is 0.0397. The molecule has 0 N–H and O–H groups in total. The van der Waals surface area contributed by atoms with E-state index in [0.29, 0.717) is 52.4 Å². The van der Waals surface area contributed by atoms with E-state index in [0.717, 1.165) is 104 Å². The molecule has 0 saturated heterocycles. The number of unbranched alkanes of at least 4 members (excludes halogenated alkanes) is 3. The van der Waals surface area contributed by atoms with Crippen LogP contribution in [-0.4, -0.2) is 0 Å². The van der Waals surface area contributed by atoms with Gasteiger partial charge in [-0.3, -0.25) is 0 Å². The molecule has 0 spiro atoms. The van der Waals surface area contributed by atoms with E-state index in [-0.39, 0.29) is 64.2 Å². The molecule has 12 rings (SSSR count). The highest BCUT2D eigenvalue weighted by atomic mass is 19.3. The van der Waals surface area contributed by atoms with E-state index in [9.17, 15) is 101 Å². The molecule has 1 aliphatic carbocycles. The minimum Gasteiger partial charge on any atom is -0.429 e. The lowest BCUT2D eigenvalue weighted by molar-refractivity contribution is -0.190. The van der Waals surface area contributed by atoms with Crippen molar-refractivity contribution in [3.05, 3.63) is 314 Å². The van der Waals surface area contributed by atoms with Crippen molar-refractivity contribution in [3.63, 3.8) is 0 Å². The smallest absolute Gasteiger partial charge is 0.429 e. The topological polar surface area (TPSA) is 27.7 Å². The largest absolute Gasteiger partial charge is 0.432 e. The van der Waals surface area contributed by atoms with Gasteiger partial charge in [0.1, 0.15) is 80.5 Å². The lowest BCUT2D eigenvalue weighted by Crippen LogP contribution is -2.25. The molecule has 1 aliphatic rings. The Morgan fingerprint density at radius 1 is 0.274 bits per heavy atom. The van der Waals surface area contributed by atoms with E-state index in [2.05, 4.69) is 35.0 Å². The molecule has 0 bridgehead atoms. The molecule has 113 heavy (non-hydrogen) atoms. The standard InChI is InChI=1S/C30H22F8O.C29H20F8O.C28H25F7O/c1-2-3-4-5-17-6-8-18(9-7-17)19-10-11-22(23(31)12-19)20-13-24(32)28(25(33)14-20)30(37,38)39-21-15-26(34)29(36)27(35)16-21;1-2-3-4-16-5-7-17(8-6-16)18-9-10-21(22(30)11-18)19-12-23(31)27(24(32)13-19)29(36,37)38-20-14-25(33)28(35)26(34)15-20;1-2-3-16-4-6-17(7-5-16)18-8-10-19(11-9-18)20-12-22(29)26(23(30)13-20)28(34,35)36-21-14-24(31)27(33)25(32)15-21/h6-16H,2-5H2,1H3;5-15H,2-4H2,1H3;8-17H,2-7H2,1H3. The first-order chi connectivity index (χ1) is 53.6. The summed E-state index contributed by atoms with van der Waals surface area (Å²) in [5.41, 5.74) is -0.340. The number of hydrogen-bond donors (Lipinski definition) is 0. The van der Waals surface area contributed by atoms with Crippen LogP contribution in [0.5, 0.6) is 17.2 Å². The van der Waals surface area contributed by atoms with Crippen molar-refractivity contribution in [1.29, 1.82) is 0 Å². The average molecular weight is 1600 g/mol. The van der Waals surface area contributed by atoms with Gasteiger partial charge >= 0.3 is 18.3 Å². The van der Waals surface area contributed by atoms with E-state index in [4.69, 9.17) is 0 Å². The summed E-state index contributed by atoms with van der Waals surface area (Å²) in [4.78, 5) is 0. The fourth-order valence-electron chi connectivity index (χ4n) is 13.1.